The Morgan fingerprint density at radius 3 is 2.55 bits per heavy atom. The first kappa shape index (κ1) is 14.2. The maximum absolute atomic E-state index is 5.65. The third-order valence-corrected chi connectivity index (χ3v) is 2.69. The molecule has 0 aliphatic rings. The smallest absolute Gasteiger partial charge is 0.163 e. The van der Waals surface area contributed by atoms with Gasteiger partial charge in [0.1, 0.15) is 10.7 Å². The first-order valence-electron chi connectivity index (χ1n) is 6.21. The van der Waals surface area contributed by atoms with E-state index >= 15 is 0 Å². The van der Waals surface area contributed by atoms with E-state index in [1.165, 1.54) is 0 Å². The third-order valence-electron chi connectivity index (χ3n) is 2.48. The summed E-state index contributed by atoms with van der Waals surface area (Å²) >= 11 is 4.98. The van der Waals surface area contributed by atoms with Gasteiger partial charge >= 0.3 is 0 Å². The number of nitrogens with one attached hydrogen (secondary N) is 1. The van der Waals surface area contributed by atoms with Gasteiger partial charge in [-0.2, -0.15) is 5.10 Å². The molecule has 0 radical (unpaired) electrons. The quantitative estimate of drug-likeness (QED) is 0.824. The van der Waals surface area contributed by atoms with Gasteiger partial charge in [-0.3, -0.25) is 0 Å². The van der Waals surface area contributed by atoms with Crippen molar-refractivity contribution in [1.29, 1.82) is 0 Å². The average Bonchev–Trinajstić information content (AvgIpc) is 2.41. The Kier molecular flexibility index (Phi) is 4.47. The van der Waals surface area contributed by atoms with Crippen molar-refractivity contribution < 1.29 is 4.74 Å². The molecule has 0 atom stereocenters. The van der Waals surface area contributed by atoms with Crippen LogP contribution < -0.4 is 15.8 Å². The molecule has 3 N–H and O–H groups in total. The third kappa shape index (κ3) is 3.64. The molecule has 0 saturated heterocycles. The second kappa shape index (κ2) is 6.29. The molecule has 0 unspecified atom stereocenters. The van der Waals surface area contributed by atoms with Gasteiger partial charge in [0.05, 0.1) is 17.9 Å². The molecule has 0 saturated carbocycles. The molecule has 1 aromatic carbocycles. The van der Waals surface area contributed by atoms with Gasteiger partial charge in [0.25, 0.3) is 0 Å². The number of ether oxygens (including phenoxy) is 1. The van der Waals surface area contributed by atoms with Gasteiger partial charge in [0.2, 0.25) is 0 Å². The van der Waals surface area contributed by atoms with Gasteiger partial charge < -0.3 is 15.8 Å². The molecule has 5 nitrogen and oxygen atoms in total. The van der Waals surface area contributed by atoms with Crippen LogP contribution in [0.15, 0.2) is 36.5 Å². The lowest BCUT2D eigenvalue weighted by Crippen LogP contribution is -2.13. The normalized spacial score (nSPS) is 10.3. The molecular weight excluding hydrogens is 272 g/mol. The van der Waals surface area contributed by atoms with Crippen LogP contribution in [0.4, 0.5) is 11.5 Å². The molecule has 1 aromatic heterocycles. The van der Waals surface area contributed by atoms with Gasteiger partial charge in [-0.05, 0) is 44.2 Å². The molecule has 0 fully saturated rings. The predicted octanol–water partition coefficient (Wildman–Crippen LogP) is 2.64. The zero-order chi connectivity index (χ0) is 14.5. The number of nitrogens with two attached hydrogens (primary N) is 1. The van der Waals surface area contributed by atoms with E-state index in [1.54, 1.807) is 12.3 Å². The van der Waals surface area contributed by atoms with Gasteiger partial charge in [-0.25, -0.2) is 0 Å². The Hall–Kier alpha value is -2.21. The van der Waals surface area contributed by atoms with Gasteiger partial charge in [0.15, 0.2) is 5.82 Å². The predicted molar refractivity (Wildman–Crippen MR) is 83.4 cm³/mol. The molecule has 104 valence electrons. The van der Waals surface area contributed by atoms with E-state index in [9.17, 15) is 0 Å². The number of aromatic nitrogens is 2. The maximum Gasteiger partial charge on any atom is 0.163 e. The lowest BCUT2D eigenvalue weighted by atomic mass is 10.2. The summed E-state index contributed by atoms with van der Waals surface area (Å²) in [6.07, 6.45) is 1.70. The van der Waals surface area contributed by atoms with Crippen molar-refractivity contribution >= 4 is 28.7 Å². The number of hydrogen-bond donors (Lipinski definition) is 2. The SMILES string of the molecule is CC(C)Oc1ccc(Nc2nnccc2C(N)=S)cc1. The van der Waals surface area contributed by atoms with Crippen molar-refractivity contribution in [1.82, 2.24) is 10.2 Å². The molecule has 0 amide bonds. The zero-order valence-corrected chi connectivity index (χ0v) is 12.1. The second-order valence-electron chi connectivity index (χ2n) is 4.47. The fraction of sp³-hybridized carbons (Fsp3) is 0.214. The van der Waals surface area contributed by atoms with Crippen LogP contribution in [-0.4, -0.2) is 21.3 Å². The molecule has 1 heterocycles. The molecule has 2 aromatic rings. The topological polar surface area (TPSA) is 73.1 Å². The molecular formula is C14H16N4OS. The van der Waals surface area contributed by atoms with Crippen molar-refractivity contribution in [3.8, 4) is 5.75 Å². The fourth-order valence-electron chi connectivity index (χ4n) is 1.65. The van der Waals surface area contributed by atoms with Crippen molar-refractivity contribution in [2.45, 2.75) is 20.0 Å². The van der Waals surface area contributed by atoms with Gasteiger partial charge in [0, 0.05) is 5.69 Å². The summed E-state index contributed by atoms with van der Waals surface area (Å²) in [6.45, 7) is 3.97. The molecule has 0 aliphatic carbocycles. The fourth-order valence-corrected chi connectivity index (χ4v) is 1.81. The number of benzene rings is 1. The number of thiocarbonyl (C=S) groups is 1. The molecule has 0 bridgehead atoms. The standard InChI is InChI=1S/C14H16N4OS/c1-9(2)19-11-5-3-10(4-6-11)17-14-12(13(15)20)7-8-16-18-14/h3-9H,1-2H3,(H2,15,20)(H,17,18). The van der Waals surface area contributed by atoms with Crippen LogP contribution >= 0.6 is 12.2 Å². The minimum atomic E-state index is 0.148. The van der Waals surface area contributed by atoms with Crippen molar-refractivity contribution in [2.24, 2.45) is 5.73 Å². The summed E-state index contributed by atoms with van der Waals surface area (Å²) in [7, 11) is 0. The minimum absolute atomic E-state index is 0.148. The maximum atomic E-state index is 5.65. The largest absolute Gasteiger partial charge is 0.491 e. The lowest BCUT2D eigenvalue weighted by Gasteiger charge is -2.11. The summed E-state index contributed by atoms with van der Waals surface area (Å²) in [4.78, 5) is 0.280. The molecule has 0 aliphatic heterocycles. The van der Waals surface area contributed by atoms with Crippen LogP contribution in [0.2, 0.25) is 0 Å². The van der Waals surface area contributed by atoms with Crippen LogP contribution in [-0.2, 0) is 0 Å². The monoisotopic (exact) mass is 288 g/mol. The zero-order valence-electron chi connectivity index (χ0n) is 11.3. The van der Waals surface area contributed by atoms with Crippen LogP contribution in [0.1, 0.15) is 19.4 Å². The minimum Gasteiger partial charge on any atom is -0.491 e. The Morgan fingerprint density at radius 1 is 1.25 bits per heavy atom. The van der Waals surface area contributed by atoms with Crippen molar-refractivity contribution in [2.75, 3.05) is 5.32 Å². The summed E-state index contributed by atoms with van der Waals surface area (Å²) in [5, 5.41) is 11.0. The Morgan fingerprint density at radius 2 is 1.95 bits per heavy atom. The average molecular weight is 288 g/mol. The van der Waals surface area contributed by atoms with E-state index in [0.29, 0.717) is 11.4 Å². The highest BCUT2D eigenvalue weighted by molar-refractivity contribution is 7.80. The molecule has 2 rings (SSSR count). The van der Waals surface area contributed by atoms with Gasteiger partial charge in [-0.15, -0.1) is 5.10 Å². The first-order chi connectivity index (χ1) is 9.56. The Bertz CT molecular complexity index is 598. The van der Waals surface area contributed by atoms with E-state index in [0.717, 1.165) is 11.4 Å². The lowest BCUT2D eigenvalue weighted by molar-refractivity contribution is 0.242. The van der Waals surface area contributed by atoms with E-state index in [-0.39, 0.29) is 11.1 Å². The highest BCUT2D eigenvalue weighted by Gasteiger charge is 2.07. The van der Waals surface area contributed by atoms with Crippen LogP contribution in [0.5, 0.6) is 5.75 Å². The summed E-state index contributed by atoms with van der Waals surface area (Å²) in [6, 6.07) is 9.30. The van der Waals surface area contributed by atoms with E-state index in [2.05, 4.69) is 15.5 Å². The highest BCUT2D eigenvalue weighted by atomic mass is 32.1. The van der Waals surface area contributed by atoms with Crippen LogP contribution in [0, 0.1) is 0 Å². The highest BCUT2D eigenvalue weighted by Crippen LogP contribution is 2.21. The molecule has 0 spiro atoms. The second-order valence-corrected chi connectivity index (χ2v) is 4.91. The van der Waals surface area contributed by atoms with Crippen LogP contribution in [0.25, 0.3) is 0 Å². The molecule has 6 heteroatoms. The van der Waals surface area contributed by atoms with Crippen LogP contribution in [0.3, 0.4) is 0 Å². The summed E-state index contributed by atoms with van der Waals surface area (Å²) < 4.78 is 5.58. The van der Waals surface area contributed by atoms with E-state index in [1.807, 2.05) is 38.1 Å². The number of rotatable bonds is 5. The van der Waals surface area contributed by atoms with Crippen molar-refractivity contribution in [3.05, 3.63) is 42.1 Å². The summed E-state index contributed by atoms with van der Waals surface area (Å²) in [5.74, 6) is 1.36. The van der Waals surface area contributed by atoms with E-state index in [4.69, 9.17) is 22.7 Å². The number of hydrogen-bond acceptors (Lipinski definition) is 5. The Labute approximate surface area is 123 Å². The van der Waals surface area contributed by atoms with Gasteiger partial charge in [-0.1, -0.05) is 12.2 Å². The summed E-state index contributed by atoms with van der Waals surface area (Å²) in [5.41, 5.74) is 7.18. The first-order valence-corrected chi connectivity index (χ1v) is 6.62. The number of nitrogens with zero attached hydrogens (tertiary/aromatic N) is 2. The number of anilines is 2. The Balaban J connectivity index is 2.16. The van der Waals surface area contributed by atoms with E-state index < -0.39 is 0 Å². The van der Waals surface area contributed by atoms with Crippen molar-refractivity contribution in [3.63, 3.8) is 0 Å². The molecule has 20 heavy (non-hydrogen) atoms.